The van der Waals surface area contributed by atoms with Crippen molar-refractivity contribution in [2.75, 3.05) is 6.61 Å². The third kappa shape index (κ3) is 2.88. The molecule has 2 atom stereocenters. The van der Waals surface area contributed by atoms with Crippen molar-refractivity contribution in [2.45, 2.75) is 52.2 Å². The van der Waals surface area contributed by atoms with Crippen LogP contribution < -0.4 is 0 Å². The monoisotopic (exact) mass is 234 g/mol. The van der Waals surface area contributed by atoms with Gasteiger partial charge in [0.1, 0.15) is 0 Å². The Kier molecular flexibility index (Phi) is 3.85. The average molecular weight is 234 g/mol. The zero-order valence-corrected chi connectivity index (χ0v) is 11.0. The Labute approximate surface area is 104 Å². The van der Waals surface area contributed by atoms with E-state index in [1.54, 1.807) is 0 Å². The highest BCUT2D eigenvalue weighted by atomic mass is 16.5. The van der Waals surface area contributed by atoms with Gasteiger partial charge in [-0.3, -0.25) is 0 Å². The zero-order valence-electron chi connectivity index (χ0n) is 11.0. The average Bonchev–Trinajstić information content (AvgIpc) is 2.76. The van der Waals surface area contributed by atoms with Crippen LogP contribution in [0.4, 0.5) is 0 Å². The third-order valence-corrected chi connectivity index (χ3v) is 3.65. The second-order valence-electron chi connectivity index (χ2n) is 5.20. The maximum absolute atomic E-state index is 10.2. The van der Waals surface area contributed by atoms with Gasteiger partial charge in [0.15, 0.2) is 0 Å². The summed E-state index contributed by atoms with van der Waals surface area (Å²) in [7, 11) is 0. The number of ether oxygens (including phenoxy) is 1. The molecule has 0 radical (unpaired) electrons. The first kappa shape index (κ1) is 12.6. The molecule has 1 aromatic rings. The Morgan fingerprint density at radius 2 is 1.94 bits per heavy atom. The van der Waals surface area contributed by atoms with Crippen LogP contribution in [0.25, 0.3) is 0 Å². The van der Waals surface area contributed by atoms with Gasteiger partial charge in [0.05, 0.1) is 12.2 Å². The number of hydrogen-bond acceptors (Lipinski definition) is 2. The SMILES string of the molecule is Cc1cc(C)c(CC(O)C2CCCO2)c(C)c1. The summed E-state index contributed by atoms with van der Waals surface area (Å²) in [4.78, 5) is 0. The van der Waals surface area contributed by atoms with Crippen molar-refractivity contribution in [2.24, 2.45) is 0 Å². The van der Waals surface area contributed by atoms with Gasteiger partial charge in [-0.05, 0) is 50.3 Å². The Morgan fingerprint density at radius 3 is 2.47 bits per heavy atom. The minimum atomic E-state index is -0.363. The van der Waals surface area contributed by atoms with Crippen molar-refractivity contribution >= 4 is 0 Å². The van der Waals surface area contributed by atoms with Crippen LogP contribution in [0.2, 0.25) is 0 Å². The Hall–Kier alpha value is -0.860. The molecular formula is C15H22O2. The van der Waals surface area contributed by atoms with E-state index in [2.05, 4.69) is 32.9 Å². The largest absolute Gasteiger partial charge is 0.390 e. The molecule has 17 heavy (non-hydrogen) atoms. The minimum absolute atomic E-state index is 0.0371. The van der Waals surface area contributed by atoms with Gasteiger partial charge < -0.3 is 9.84 Å². The lowest BCUT2D eigenvalue weighted by Gasteiger charge is -2.20. The number of aryl methyl sites for hydroxylation is 3. The Morgan fingerprint density at radius 1 is 1.29 bits per heavy atom. The highest BCUT2D eigenvalue weighted by Crippen LogP contribution is 2.22. The molecule has 1 aromatic carbocycles. The fourth-order valence-electron chi connectivity index (χ4n) is 2.78. The van der Waals surface area contributed by atoms with Gasteiger partial charge in [0.2, 0.25) is 0 Å². The molecule has 1 N–H and O–H groups in total. The lowest BCUT2D eigenvalue weighted by Crippen LogP contribution is -2.27. The van der Waals surface area contributed by atoms with Crippen molar-refractivity contribution in [1.82, 2.24) is 0 Å². The highest BCUT2D eigenvalue weighted by Gasteiger charge is 2.25. The van der Waals surface area contributed by atoms with Crippen molar-refractivity contribution in [1.29, 1.82) is 0 Å². The van der Waals surface area contributed by atoms with Crippen LogP contribution in [-0.2, 0) is 11.2 Å². The van der Waals surface area contributed by atoms with E-state index in [9.17, 15) is 5.11 Å². The van der Waals surface area contributed by atoms with Crippen molar-refractivity contribution in [3.63, 3.8) is 0 Å². The maximum atomic E-state index is 10.2. The quantitative estimate of drug-likeness (QED) is 0.871. The van der Waals surface area contributed by atoms with Gasteiger partial charge in [-0.2, -0.15) is 0 Å². The van der Waals surface area contributed by atoms with Gasteiger partial charge in [-0.25, -0.2) is 0 Å². The maximum Gasteiger partial charge on any atom is 0.0842 e. The van der Waals surface area contributed by atoms with Crippen LogP contribution >= 0.6 is 0 Å². The molecule has 1 heterocycles. The van der Waals surface area contributed by atoms with E-state index < -0.39 is 0 Å². The molecule has 0 amide bonds. The molecule has 0 aliphatic carbocycles. The van der Waals surface area contributed by atoms with Crippen molar-refractivity contribution in [3.8, 4) is 0 Å². The molecule has 0 bridgehead atoms. The molecule has 1 aliphatic rings. The van der Waals surface area contributed by atoms with Gasteiger partial charge in [-0.15, -0.1) is 0 Å². The molecule has 1 aliphatic heterocycles. The first-order valence-electron chi connectivity index (χ1n) is 6.44. The smallest absolute Gasteiger partial charge is 0.0842 e. The zero-order chi connectivity index (χ0) is 12.4. The summed E-state index contributed by atoms with van der Waals surface area (Å²) in [5.41, 5.74) is 5.12. The van der Waals surface area contributed by atoms with E-state index in [-0.39, 0.29) is 12.2 Å². The highest BCUT2D eigenvalue weighted by molar-refractivity contribution is 5.37. The third-order valence-electron chi connectivity index (χ3n) is 3.65. The summed E-state index contributed by atoms with van der Waals surface area (Å²) < 4.78 is 5.54. The predicted molar refractivity (Wildman–Crippen MR) is 69.3 cm³/mol. The first-order chi connectivity index (χ1) is 8.08. The molecule has 2 nitrogen and oxygen atoms in total. The van der Waals surface area contributed by atoms with E-state index in [0.29, 0.717) is 6.42 Å². The van der Waals surface area contributed by atoms with E-state index in [0.717, 1.165) is 19.4 Å². The molecule has 2 rings (SSSR count). The van der Waals surface area contributed by atoms with E-state index in [1.165, 1.54) is 22.3 Å². The first-order valence-corrected chi connectivity index (χ1v) is 6.44. The lowest BCUT2D eigenvalue weighted by molar-refractivity contribution is -0.000900. The second-order valence-corrected chi connectivity index (χ2v) is 5.20. The summed E-state index contributed by atoms with van der Waals surface area (Å²) in [5.74, 6) is 0. The van der Waals surface area contributed by atoms with E-state index in [1.807, 2.05) is 0 Å². The standard InChI is InChI=1S/C15H22O2/c1-10-7-11(2)13(12(3)8-10)9-14(16)15-5-4-6-17-15/h7-8,14-16H,4-6,9H2,1-3H3. The predicted octanol–water partition coefficient (Wildman–Crippen LogP) is 2.69. The van der Waals surface area contributed by atoms with Crippen molar-refractivity contribution in [3.05, 3.63) is 34.4 Å². The van der Waals surface area contributed by atoms with Crippen LogP contribution in [0.5, 0.6) is 0 Å². The number of hydrogen-bond donors (Lipinski definition) is 1. The molecule has 0 saturated carbocycles. The molecule has 2 unspecified atom stereocenters. The Balaban J connectivity index is 2.12. The molecule has 1 saturated heterocycles. The van der Waals surface area contributed by atoms with Crippen LogP contribution in [0.3, 0.4) is 0 Å². The van der Waals surface area contributed by atoms with Crippen LogP contribution in [0, 0.1) is 20.8 Å². The summed E-state index contributed by atoms with van der Waals surface area (Å²) in [6.45, 7) is 7.16. The fourth-order valence-corrected chi connectivity index (χ4v) is 2.78. The second kappa shape index (κ2) is 5.19. The number of rotatable bonds is 3. The van der Waals surface area contributed by atoms with Gasteiger partial charge >= 0.3 is 0 Å². The van der Waals surface area contributed by atoms with E-state index >= 15 is 0 Å². The lowest BCUT2D eigenvalue weighted by atomic mass is 9.93. The summed E-state index contributed by atoms with van der Waals surface area (Å²) in [6, 6.07) is 4.37. The fraction of sp³-hybridized carbons (Fsp3) is 0.600. The molecule has 2 heteroatoms. The molecular weight excluding hydrogens is 212 g/mol. The van der Waals surface area contributed by atoms with Crippen molar-refractivity contribution < 1.29 is 9.84 Å². The normalized spacial score (nSPS) is 21.8. The number of benzene rings is 1. The van der Waals surface area contributed by atoms with Gasteiger partial charge in [0, 0.05) is 13.0 Å². The van der Waals surface area contributed by atoms with Gasteiger partial charge in [-0.1, -0.05) is 17.7 Å². The van der Waals surface area contributed by atoms with Crippen LogP contribution in [-0.4, -0.2) is 23.9 Å². The summed E-state index contributed by atoms with van der Waals surface area (Å²) in [6.07, 6.45) is 2.45. The number of aliphatic hydroxyl groups excluding tert-OH is 1. The molecule has 0 aromatic heterocycles. The van der Waals surface area contributed by atoms with Gasteiger partial charge in [0.25, 0.3) is 0 Å². The minimum Gasteiger partial charge on any atom is -0.390 e. The molecule has 94 valence electrons. The summed E-state index contributed by atoms with van der Waals surface area (Å²) >= 11 is 0. The van der Waals surface area contributed by atoms with Crippen LogP contribution in [0.1, 0.15) is 35.1 Å². The molecule has 1 fully saturated rings. The Bertz CT molecular complexity index is 369. The number of aliphatic hydroxyl groups is 1. The molecule has 0 spiro atoms. The van der Waals surface area contributed by atoms with E-state index in [4.69, 9.17) is 4.74 Å². The van der Waals surface area contributed by atoms with Crippen LogP contribution in [0.15, 0.2) is 12.1 Å². The summed E-state index contributed by atoms with van der Waals surface area (Å²) in [5, 5.41) is 10.2. The topological polar surface area (TPSA) is 29.5 Å².